The lowest BCUT2D eigenvalue weighted by Crippen LogP contribution is -2.63. The van der Waals surface area contributed by atoms with Crippen LogP contribution in [0.15, 0.2) is 22.7 Å². The first-order valence-electron chi connectivity index (χ1n) is 11.9. The summed E-state index contributed by atoms with van der Waals surface area (Å²) < 4.78 is 0. The van der Waals surface area contributed by atoms with E-state index in [0.29, 0.717) is 11.3 Å². The van der Waals surface area contributed by atoms with Crippen molar-refractivity contribution in [2.24, 2.45) is 17.6 Å². The number of phenols is 1. The number of Topliss-reactive ketones (excluding diaryl/α,β-unsaturated/α-hetero) is 2. The summed E-state index contributed by atoms with van der Waals surface area (Å²) in [5.41, 5.74) is 1.46. The van der Waals surface area contributed by atoms with Gasteiger partial charge in [-0.15, -0.1) is 11.6 Å². The highest BCUT2D eigenvalue weighted by molar-refractivity contribution is 6.38. The van der Waals surface area contributed by atoms with Gasteiger partial charge in [-0.1, -0.05) is 11.6 Å². The van der Waals surface area contributed by atoms with Crippen molar-refractivity contribution in [2.45, 2.75) is 24.5 Å². The van der Waals surface area contributed by atoms with Crippen LogP contribution in [0.5, 0.6) is 5.75 Å². The van der Waals surface area contributed by atoms with Gasteiger partial charge in [0.15, 0.2) is 17.1 Å². The van der Waals surface area contributed by atoms with E-state index in [1.807, 2.05) is 0 Å². The highest BCUT2D eigenvalue weighted by Crippen LogP contribution is 2.55. The number of hydrogen-bond donors (Lipinski definition) is 6. The Hall–Kier alpha value is -3.32. The van der Waals surface area contributed by atoms with E-state index in [1.54, 1.807) is 33.1 Å². The Morgan fingerprint density at radius 3 is 2.28 bits per heavy atom. The quantitative estimate of drug-likeness (QED) is 0.166. The number of hydrogen-bond acceptors (Lipinski definition) is 10. The third-order valence-electron chi connectivity index (χ3n) is 7.64. The molecule has 0 aromatic heterocycles. The van der Waals surface area contributed by atoms with E-state index in [0.717, 1.165) is 0 Å². The van der Waals surface area contributed by atoms with Crippen LogP contribution in [0.25, 0.3) is 0 Å². The number of amides is 2. The number of likely N-dealkylation sites (N-methyl/N-ethyl adjacent to an activating group) is 1. The molecule has 0 saturated heterocycles. The van der Waals surface area contributed by atoms with Crippen LogP contribution in [0.2, 0.25) is 5.02 Å². The molecule has 0 saturated carbocycles. The summed E-state index contributed by atoms with van der Waals surface area (Å²) in [6.45, 7) is 0. The van der Waals surface area contributed by atoms with Gasteiger partial charge in [0, 0.05) is 25.6 Å². The van der Waals surface area contributed by atoms with Gasteiger partial charge in [-0.2, -0.15) is 0 Å². The van der Waals surface area contributed by atoms with Gasteiger partial charge in [0.2, 0.25) is 11.7 Å². The van der Waals surface area contributed by atoms with Crippen molar-refractivity contribution in [3.8, 4) is 5.75 Å². The summed E-state index contributed by atoms with van der Waals surface area (Å²) >= 11 is 12.2. The average molecular weight is 583 g/mol. The highest BCUT2D eigenvalue weighted by atomic mass is 35.5. The van der Waals surface area contributed by atoms with Crippen molar-refractivity contribution in [3.05, 3.63) is 38.8 Å². The van der Waals surface area contributed by atoms with Gasteiger partial charge in [0.25, 0.3) is 5.91 Å². The van der Waals surface area contributed by atoms with Gasteiger partial charge in [-0.25, -0.2) is 0 Å². The van der Waals surface area contributed by atoms with Crippen LogP contribution in [0.3, 0.4) is 0 Å². The number of fused-ring (bicyclic) bond motifs is 3. The number of nitrogens with zero attached hydrogens (tertiary/aromatic N) is 2. The lowest BCUT2D eigenvalue weighted by molar-refractivity contribution is -0.148. The number of anilines is 2. The smallest absolute Gasteiger partial charge is 0.255 e. The second kappa shape index (κ2) is 9.70. The molecule has 1 aromatic rings. The van der Waals surface area contributed by atoms with Gasteiger partial charge < -0.3 is 36.4 Å². The van der Waals surface area contributed by atoms with Crippen LogP contribution in [0.4, 0.5) is 11.4 Å². The standard InChI is InChI=1S/C25H28Cl2N4O8/c1-30(2)17-9-5-8-6-10-18(31(3)4)21(35)14(24(28)38)23(37)25(10,39)22(36)12(8)19(33)13(9)20(34)16(15(17)27)29-11(32)7-26/h8,10,18,34-36,39H,5-7H2,1-4H3,(H2,28,38)(H,29,32)/t8?,10?,18-,25-/m0/s1. The zero-order valence-corrected chi connectivity index (χ0v) is 23.0. The molecular formula is C25H28Cl2N4O8. The number of benzene rings is 1. The summed E-state index contributed by atoms with van der Waals surface area (Å²) in [6, 6.07) is -1.10. The third-order valence-corrected chi connectivity index (χ3v) is 8.25. The molecule has 0 radical (unpaired) electrons. The van der Waals surface area contributed by atoms with Gasteiger partial charge in [-0.3, -0.25) is 24.1 Å². The van der Waals surface area contributed by atoms with Crippen molar-refractivity contribution in [2.75, 3.05) is 44.3 Å². The largest absolute Gasteiger partial charge is 0.510 e. The molecule has 0 aliphatic heterocycles. The molecule has 39 heavy (non-hydrogen) atoms. The number of phenolic OH excluding ortho intramolecular Hbond substituents is 1. The molecule has 0 spiro atoms. The molecule has 3 aliphatic carbocycles. The Morgan fingerprint density at radius 2 is 1.77 bits per heavy atom. The lowest BCUT2D eigenvalue weighted by atomic mass is 9.58. The normalized spacial score (nSPS) is 26.3. The minimum absolute atomic E-state index is 0.0407. The predicted molar refractivity (Wildman–Crippen MR) is 142 cm³/mol. The van der Waals surface area contributed by atoms with Gasteiger partial charge >= 0.3 is 0 Å². The Labute approximate surface area is 233 Å². The van der Waals surface area contributed by atoms with E-state index in [1.165, 1.54) is 4.90 Å². The summed E-state index contributed by atoms with van der Waals surface area (Å²) in [5, 5.41) is 47.4. The molecule has 0 heterocycles. The molecule has 1 aromatic carbocycles. The zero-order valence-electron chi connectivity index (χ0n) is 21.5. The molecule has 4 rings (SSSR count). The molecule has 12 nitrogen and oxygen atoms in total. The number of nitrogens with two attached hydrogens (primary N) is 1. The zero-order chi connectivity index (χ0) is 29.3. The molecular weight excluding hydrogens is 555 g/mol. The third kappa shape index (κ3) is 3.96. The first-order chi connectivity index (χ1) is 18.1. The summed E-state index contributed by atoms with van der Waals surface area (Å²) in [5.74, 6) is -8.95. The van der Waals surface area contributed by atoms with Crippen LogP contribution in [0.1, 0.15) is 22.3 Å². The minimum Gasteiger partial charge on any atom is -0.510 e. The molecule has 3 aliphatic rings. The molecule has 2 unspecified atom stereocenters. The number of allylic oxidation sites excluding steroid dienone is 1. The van der Waals surface area contributed by atoms with Crippen molar-refractivity contribution in [1.29, 1.82) is 0 Å². The van der Waals surface area contributed by atoms with Crippen LogP contribution < -0.4 is 16.0 Å². The Kier molecular flexibility index (Phi) is 7.13. The molecule has 14 heteroatoms. The number of carbonyl (C=O) groups is 4. The molecule has 0 fully saturated rings. The fraction of sp³-hybridized carbons (Fsp3) is 0.440. The van der Waals surface area contributed by atoms with Crippen molar-refractivity contribution in [1.82, 2.24) is 4.90 Å². The van der Waals surface area contributed by atoms with Crippen molar-refractivity contribution in [3.63, 3.8) is 0 Å². The van der Waals surface area contributed by atoms with Crippen molar-refractivity contribution >= 4 is 58.0 Å². The van der Waals surface area contributed by atoms with E-state index < -0.39 is 75.6 Å². The first kappa shape index (κ1) is 28.7. The number of aliphatic hydroxyl groups is 3. The predicted octanol–water partition coefficient (Wildman–Crippen LogP) is 1.02. The maximum atomic E-state index is 13.9. The molecule has 210 valence electrons. The Balaban J connectivity index is 2.00. The van der Waals surface area contributed by atoms with Gasteiger partial charge in [0.1, 0.15) is 28.7 Å². The summed E-state index contributed by atoms with van der Waals surface area (Å²) in [6.07, 6.45) is -0.0270. The fourth-order valence-corrected chi connectivity index (χ4v) is 6.57. The van der Waals surface area contributed by atoms with Crippen LogP contribution in [-0.4, -0.2) is 94.4 Å². The van der Waals surface area contributed by atoms with Gasteiger partial charge in [-0.05, 0) is 38.4 Å². The topological polar surface area (TPSA) is 194 Å². The SMILES string of the molecule is CN(C)c1c(Cl)c(NC(=O)CCl)c(O)c2c1CC1CC3[C@H](N(C)C)C(O)=C(C(N)=O)C(=O)[C@@]3(O)C(O)=C1C2=O. The van der Waals surface area contributed by atoms with Crippen LogP contribution in [0, 0.1) is 11.8 Å². The van der Waals surface area contributed by atoms with E-state index in [4.69, 9.17) is 28.9 Å². The minimum atomic E-state index is -2.76. The molecule has 4 atom stereocenters. The van der Waals surface area contributed by atoms with Crippen LogP contribution in [-0.2, 0) is 20.8 Å². The second-order valence-corrected chi connectivity index (χ2v) is 10.9. The summed E-state index contributed by atoms with van der Waals surface area (Å²) in [4.78, 5) is 54.5. The monoisotopic (exact) mass is 582 g/mol. The Morgan fingerprint density at radius 1 is 1.15 bits per heavy atom. The fourth-order valence-electron chi connectivity index (χ4n) is 6.09. The van der Waals surface area contributed by atoms with E-state index in [-0.39, 0.29) is 34.7 Å². The number of aliphatic hydroxyl groups excluding tert-OH is 2. The number of halogens is 2. The number of rotatable bonds is 5. The Bertz CT molecular complexity index is 1400. The molecule has 7 N–H and O–H groups in total. The maximum Gasteiger partial charge on any atom is 0.255 e. The summed E-state index contributed by atoms with van der Waals surface area (Å²) in [7, 11) is 6.39. The first-order valence-corrected chi connectivity index (χ1v) is 12.8. The van der Waals surface area contributed by atoms with Crippen LogP contribution >= 0.6 is 23.2 Å². The van der Waals surface area contributed by atoms with Crippen molar-refractivity contribution < 1.29 is 39.6 Å². The lowest BCUT2D eigenvalue weighted by Gasteiger charge is -2.50. The van der Waals surface area contributed by atoms with E-state index in [2.05, 4.69) is 5.32 Å². The number of aromatic hydroxyl groups is 1. The molecule has 2 amide bonds. The highest BCUT2D eigenvalue weighted by Gasteiger charge is 2.63. The number of carbonyl (C=O) groups excluding carboxylic acids is 4. The number of nitrogens with one attached hydrogen (secondary N) is 1. The number of alkyl halides is 1. The number of ketones is 2. The number of primary amides is 1. The molecule has 0 bridgehead atoms. The maximum absolute atomic E-state index is 13.9. The van der Waals surface area contributed by atoms with Gasteiger partial charge in [0.05, 0.1) is 22.3 Å². The average Bonchev–Trinajstić information content (AvgIpc) is 2.83. The second-order valence-electron chi connectivity index (χ2n) is 10.3. The van der Waals surface area contributed by atoms with E-state index >= 15 is 0 Å². The van der Waals surface area contributed by atoms with E-state index in [9.17, 15) is 39.6 Å².